The second kappa shape index (κ2) is 3.71. The maximum Gasteiger partial charge on any atom is 0.241 e. The summed E-state index contributed by atoms with van der Waals surface area (Å²) in [5.41, 5.74) is 7.70. The average Bonchev–Trinajstić information content (AvgIpc) is 2.76. The van der Waals surface area contributed by atoms with E-state index in [4.69, 9.17) is 5.73 Å². The molecule has 0 bridgehead atoms. The van der Waals surface area contributed by atoms with Crippen LogP contribution in [0.25, 0.3) is 5.52 Å². The van der Waals surface area contributed by atoms with E-state index in [1.54, 1.807) is 10.7 Å². The van der Waals surface area contributed by atoms with E-state index in [9.17, 15) is 0 Å². The van der Waals surface area contributed by atoms with Crippen LogP contribution in [0, 0.1) is 0 Å². The largest absolute Gasteiger partial charge is 0.366 e. The molecule has 3 N–H and O–H groups in total. The summed E-state index contributed by atoms with van der Waals surface area (Å²) in [5, 5.41) is 15.5. The van der Waals surface area contributed by atoms with Gasteiger partial charge >= 0.3 is 0 Å². The van der Waals surface area contributed by atoms with Crippen molar-refractivity contribution in [1.29, 1.82) is 0 Å². The first-order valence-electron chi connectivity index (χ1n) is 5.52. The first-order chi connectivity index (χ1) is 7.84. The van der Waals surface area contributed by atoms with Crippen LogP contribution in [0.5, 0.6) is 0 Å². The Morgan fingerprint density at radius 2 is 2.44 bits per heavy atom. The number of nitrogens with one attached hydrogen (secondary N) is 1. The highest BCUT2D eigenvalue weighted by atomic mass is 15.3. The molecule has 3 rings (SSSR count). The molecule has 2 aromatic rings. The molecule has 6 heteroatoms. The summed E-state index contributed by atoms with van der Waals surface area (Å²) in [6, 6.07) is 2.04. The Hall–Kier alpha value is -1.69. The van der Waals surface area contributed by atoms with Crippen LogP contribution < -0.4 is 11.1 Å². The van der Waals surface area contributed by atoms with E-state index in [1.165, 1.54) is 12.8 Å². The van der Waals surface area contributed by atoms with Crippen molar-refractivity contribution in [2.24, 2.45) is 0 Å². The van der Waals surface area contributed by atoms with Gasteiger partial charge in [-0.15, -0.1) is 5.10 Å². The third-order valence-corrected chi connectivity index (χ3v) is 3.04. The lowest BCUT2D eigenvalue weighted by Gasteiger charge is -2.20. The number of anilines is 1. The van der Waals surface area contributed by atoms with E-state index < -0.39 is 0 Å². The normalized spacial score (nSPS) is 21.4. The van der Waals surface area contributed by atoms with Crippen LogP contribution in [0.2, 0.25) is 0 Å². The van der Waals surface area contributed by atoms with Crippen molar-refractivity contribution in [3.8, 4) is 0 Å². The minimum atomic E-state index is 0.340. The minimum absolute atomic E-state index is 0.340. The Bertz CT molecular complexity index is 499. The van der Waals surface area contributed by atoms with Crippen molar-refractivity contribution in [2.75, 3.05) is 18.8 Å². The summed E-state index contributed by atoms with van der Waals surface area (Å²) in [6.07, 6.45) is 4.06. The molecule has 0 saturated carbocycles. The van der Waals surface area contributed by atoms with Crippen LogP contribution in [0.4, 0.5) is 5.95 Å². The molecule has 1 aliphatic rings. The van der Waals surface area contributed by atoms with Gasteiger partial charge in [-0.25, -0.2) is 0 Å². The summed E-state index contributed by atoms with van der Waals surface area (Å²) >= 11 is 0. The molecule has 1 saturated heterocycles. The number of nitrogens with zero attached hydrogens (tertiary/aromatic N) is 4. The van der Waals surface area contributed by atoms with Gasteiger partial charge in [0.2, 0.25) is 5.95 Å². The molecule has 0 spiro atoms. The standard InChI is InChI=1S/C10H14N6/c11-10-14-13-6-8-4-9(15-16(8)10)7-2-1-3-12-5-7/h4,6-7,12H,1-3,5H2,(H2,11,14). The van der Waals surface area contributed by atoms with Gasteiger partial charge in [0.1, 0.15) is 0 Å². The average molecular weight is 218 g/mol. The van der Waals surface area contributed by atoms with Crippen molar-refractivity contribution in [1.82, 2.24) is 25.1 Å². The highest BCUT2D eigenvalue weighted by molar-refractivity contribution is 5.48. The predicted molar refractivity (Wildman–Crippen MR) is 60.0 cm³/mol. The summed E-state index contributed by atoms with van der Waals surface area (Å²) in [7, 11) is 0. The molecule has 16 heavy (non-hydrogen) atoms. The lowest BCUT2D eigenvalue weighted by atomic mass is 9.96. The van der Waals surface area contributed by atoms with Crippen molar-refractivity contribution in [3.05, 3.63) is 18.0 Å². The summed E-state index contributed by atoms with van der Waals surface area (Å²) < 4.78 is 1.65. The number of hydrogen-bond donors (Lipinski definition) is 2. The first-order valence-corrected chi connectivity index (χ1v) is 5.52. The molecular weight excluding hydrogens is 204 g/mol. The quantitative estimate of drug-likeness (QED) is 0.713. The van der Waals surface area contributed by atoms with E-state index in [-0.39, 0.29) is 0 Å². The zero-order valence-corrected chi connectivity index (χ0v) is 8.93. The zero-order chi connectivity index (χ0) is 11.0. The van der Waals surface area contributed by atoms with Gasteiger partial charge in [0.05, 0.1) is 17.4 Å². The monoisotopic (exact) mass is 218 g/mol. The number of aromatic nitrogens is 4. The molecule has 0 aromatic carbocycles. The molecule has 0 amide bonds. The second-order valence-electron chi connectivity index (χ2n) is 4.15. The Kier molecular flexibility index (Phi) is 2.21. The van der Waals surface area contributed by atoms with Crippen LogP contribution in [-0.4, -0.2) is 32.9 Å². The third kappa shape index (κ3) is 1.51. The minimum Gasteiger partial charge on any atom is -0.366 e. The molecule has 6 nitrogen and oxygen atoms in total. The zero-order valence-electron chi connectivity index (χ0n) is 8.93. The number of fused-ring (bicyclic) bond motifs is 1. The number of nitrogen functional groups attached to an aromatic ring is 1. The van der Waals surface area contributed by atoms with Gasteiger partial charge in [-0.3, -0.25) is 0 Å². The fourth-order valence-corrected chi connectivity index (χ4v) is 2.18. The number of nitrogens with two attached hydrogens (primary N) is 1. The maximum atomic E-state index is 5.71. The van der Waals surface area contributed by atoms with Crippen molar-refractivity contribution >= 4 is 11.5 Å². The van der Waals surface area contributed by atoms with Gasteiger partial charge in [-0.2, -0.15) is 14.7 Å². The molecule has 1 fully saturated rings. The first kappa shape index (κ1) is 9.53. The Labute approximate surface area is 92.9 Å². The smallest absolute Gasteiger partial charge is 0.241 e. The summed E-state index contributed by atoms with van der Waals surface area (Å²) in [5.74, 6) is 0.820. The fourth-order valence-electron chi connectivity index (χ4n) is 2.18. The molecular formula is C10H14N6. The lowest BCUT2D eigenvalue weighted by molar-refractivity contribution is 0.453. The highest BCUT2D eigenvalue weighted by Gasteiger charge is 2.18. The van der Waals surface area contributed by atoms with Gasteiger partial charge < -0.3 is 11.1 Å². The topological polar surface area (TPSA) is 81.1 Å². The summed E-state index contributed by atoms with van der Waals surface area (Å²) in [6.45, 7) is 2.10. The molecule has 1 aliphatic heterocycles. The van der Waals surface area contributed by atoms with Crippen LogP contribution >= 0.6 is 0 Å². The second-order valence-corrected chi connectivity index (χ2v) is 4.15. The number of hydrogen-bond acceptors (Lipinski definition) is 5. The molecule has 1 unspecified atom stereocenters. The van der Waals surface area contributed by atoms with Crippen LogP contribution in [-0.2, 0) is 0 Å². The van der Waals surface area contributed by atoms with Crippen LogP contribution in [0.15, 0.2) is 12.3 Å². The lowest BCUT2D eigenvalue weighted by Crippen LogP contribution is -2.28. The van der Waals surface area contributed by atoms with E-state index in [0.717, 1.165) is 24.3 Å². The van der Waals surface area contributed by atoms with Crippen LogP contribution in [0.3, 0.4) is 0 Å². The van der Waals surface area contributed by atoms with Crippen molar-refractivity contribution < 1.29 is 0 Å². The van der Waals surface area contributed by atoms with Gasteiger partial charge in [-0.1, -0.05) is 0 Å². The van der Waals surface area contributed by atoms with Gasteiger partial charge in [-0.05, 0) is 25.5 Å². The van der Waals surface area contributed by atoms with Gasteiger partial charge in [0.15, 0.2) is 0 Å². The number of piperidine rings is 1. The molecule has 0 aliphatic carbocycles. The molecule has 1 atom stereocenters. The Morgan fingerprint density at radius 3 is 3.19 bits per heavy atom. The maximum absolute atomic E-state index is 5.71. The van der Waals surface area contributed by atoms with E-state index in [2.05, 4.69) is 20.6 Å². The summed E-state index contributed by atoms with van der Waals surface area (Å²) in [4.78, 5) is 0. The van der Waals surface area contributed by atoms with Crippen molar-refractivity contribution in [2.45, 2.75) is 18.8 Å². The Morgan fingerprint density at radius 1 is 1.50 bits per heavy atom. The highest BCUT2D eigenvalue weighted by Crippen LogP contribution is 2.23. The van der Waals surface area contributed by atoms with Crippen LogP contribution in [0.1, 0.15) is 24.5 Å². The van der Waals surface area contributed by atoms with Crippen molar-refractivity contribution in [3.63, 3.8) is 0 Å². The van der Waals surface area contributed by atoms with E-state index >= 15 is 0 Å². The third-order valence-electron chi connectivity index (χ3n) is 3.04. The van der Waals surface area contributed by atoms with E-state index in [1.807, 2.05) is 6.07 Å². The molecule has 3 heterocycles. The van der Waals surface area contributed by atoms with E-state index in [0.29, 0.717) is 11.9 Å². The molecule has 84 valence electrons. The number of rotatable bonds is 1. The fraction of sp³-hybridized carbons (Fsp3) is 0.500. The Balaban J connectivity index is 2.01. The SMILES string of the molecule is Nc1nncc2cc(C3CCCNC3)nn12. The molecule has 0 radical (unpaired) electrons. The molecule has 2 aromatic heterocycles. The predicted octanol–water partition coefficient (Wildman–Crippen LogP) is 0.173. The van der Waals surface area contributed by atoms with Gasteiger partial charge in [0.25, 0.3) is 0 Å². The van der Waals surface area contributed by atoms with Gasteiger partial charge in [0, 0.05) is 12.5 Å².